The van der Waals surface area contributed by atoms with Gasteiger partial charge in [0.05, 0.1) is 6.20 Å². The number of hydrogen-bond donors (Lipinski definition) is 1. The van der Waals surface area contributed by atoms with Gasteiger partial charge in [0.15, 0.2) is 0 Å². The molecule has 1 heterocycles. The van der Waals surface area contributed by atoms with E-state index in [0.717, 1.165) is 17.8 Å². The van der Waals surface area contributed by atoms with Gasteiger partial charge in [-0.1, -0.05) is 11.2 Å². The summed E-state index contributed by atoms with van der Waals surface area (Å²) in [7, 11) is 0. The predicted molar refractivity (Wildman–Crippen MR) is 59.7 cm³/mol. The van der Waals surface area contributed by atoms with Crippen molar-refractivity contribution in [1.82, 2.24) is 5.16 Å². The van der Waals surface area contributed by atoms with Crippen LogP contribution >= 0.6 is 0 Å². The zero-order valence-corrected chi connectivity index (χ0v) is 8.95. The largest absolute Gasteiger partial charge is 0.381 e. The van der Waals surface area contributed by atoms with Crippen LogP contribution in [0.2, 0.25) is 0 Å². The highest BCUT2D eigenvalue weighted by atomic mass is 16.5. The molecule has 0 saturated heterocycles. The topological polar surface area (TPSA) is 38.1 Å². The summed E-state index contributed by atoms with van der Waals surface area (Å²) in [5, 5.41) is 6.97. The van der Waals surface area contributed by atoms with Gasteiger partial charge in [-0.05, 0) is 37.1 Å². The molecule has 1 aromatic carbocycles. The van der Waals surface area contributed by atoms with E-state index in [1.807, 2.05) is 0 Å². The van der Waals surface area contributed by atoms with E-state index in [9.17, 15) is 0 Å². The summed E-state index contributed by atoms with van der Waals surface area (Å²) in [6.45, 7) is 4.96. The third-order valence-corrected chi connectivity index (χ3v) is 2.49. The molecule has 0 aliphatic carbocycles. The molecular weight excluding hydrogens is 188 g/mol. The number of aryl methyl sites for hydroxylation is 2. The lowest BCUT2D eigenvalue weighted by Gasteiger charge is -2.06. The molecule has 15 heavy (non-hydrogen) atoms. The predicted octanol–water partition coefficient (Wildman–Crippen LogP) is 2.90. The van der Waals surface area contributed by atoms with Crippen molar-refractivity contribution in [1.29, 1.82) is 0 Å². The summed E-state index contributed by atoms with van der Waals surface area (Å²) in [5.74, 6) is 0. The van der Waals surface area contributed by atoms with Crippen LogP contribution in [-0.2, 0) is 6.54 Å². The first-order chi connectivity index (χ1) is 7.25. The maximum Gasteiger partial charge on any atom is 0.128 e. The summed E-state index contributed by atoms with van der Waals surface area (Å²) in [5.41, 5.74) is 4.78. The van der Waals surface area contributed by atoms with Crippen molar-refractivity contribution >= 4 is 5.69 Å². The maximum atomic E-state index is 4.76. The normalized spacial score (nSPS) is 10.3. The molecule has 0 aliphatic rings. The number of anilines is 1. The smallest absolute Gasteiger partial charge is 0.128 e. The zero-order valence-electron chi connectivity index (χ0n) is 8.95. The highest BCUT2D eigenvalue weighted by Gasteiger charge is 1.97. The van der Waals surface area contributed by atoms with Crippen LogP contribution in [0.5, 0.6) is 0 Å². The first-order valence-corrected chi connectivity index (χ1v) is 4.95. The molecule has 2 rings (SSSR count). The summed E-state index contributed by atoms with van der Waals surface area (Å²) in [4.78, 5) is 0. The number of rotatable bonds is 3. The Bertz CT molecular complexity index is 435. The van der Waals surface area contributed by atoms with E-state index in [1.165, 1.54) is 11.1 Å². The lowest BCUT2D eigenvalue weighted by atomic mass is 10.1. The van der Waals surface area contributed by atoms with Crippen LogP contribution in [-0.4, -0.2) is 5.16 Å². The molecule has 0 aliphatic heterocycles. The number of hydrogen-bond acceptors (Lipinski definition) is 3. The minimum Gasteiger partial charge on any atom is -0.381 e. The van der Waals surface area contributed by atoms with Crippen LogP contribution in [0.3, 0.4) is 0 Å². The second-order valence-electron chi connectivity index (χ2n) is 3.69. The van der Waals surface area contributed by atoms with E-state index in [-0.39, 0.29) is 0 Å². The minimum absolute atomic E-state index is 0.742. The van der Waals surface area contributed by atoms with E-state index < -0.39 is 0 Å². The Kier molecular flexibility index (Phi) is 2.72. The Morgan fingerprint density at radius 1 is 1.27 bits per heavy atom. The van der Waals surface area contributed by atoms with Gasteiger partial charge in [-0.15, -0.1) is 0 Å². The van der Waals surface area contributed by atoms with Crippen LogP contribution in [0, 0.1) is 13.8 Å². The monoisotopic (exact) mass is 202 g/mol. The van der Waals surface area contributed by atoms with E-state index in [1.54, 1.807) is 12.5 Å². The average Bonchev–Trinajstić information content (AvgIpc) is 2.73. The Morgan fingerprint density at radius 2 is 2.13 bits per heavy atom. The van der Waals surface area contributed by atoms with Gasteiger partial charge in [0.1, 0.15) is 6.26 Å². The number of aromatic nitrogens is 1. The highest BCUT2D eigenvalue weighted by Crippen LogP contribution is 2.14. The molecule has 3 nitrogen and oxygen atoms in total. The molecule has 0 spiro atoms. The minimum atomic E-state index is 0.742. The maximum absolute atomic E-state index is 4.76. The van der Waals surface area contributed by atoms with E-state index in [4.69, 9.17) is 4.52 Å². The highest BCUT2D eigenvalue weighted by molar-refractivity contribution is 5.48. The molecular formula is C12H14N2O. The van der Waals surface area contributed by atoms with Crippen molar-refractivity contribution in [2.45, 2.75) is 20.4 Å². The second-order valence-corrected chi connectivity index (χ2v) is 3.69. The van der Waals surface area contributed by atoms with Crippen molar-refractivity contribution < 1.29 is 4.52 Å². The molecule has 0 saturated carbocycles. The van der Waals surface area contributed by atoms with Crippen LogP contribution in [0.25, 0.3) is 0 Å². The summed E-state index contributed by atoms with van der Waals surface area (Å²) < 4.78 is 4.76. The van der Waals surface area contributed by atoms with Crippen molar-refractivity contribution in [3.63, 3.8) is 0 Å². The second kappa shape index (κ2) is 4.17. The lowest BCUT2D eigenvalue weighted by Crippen LogP contribution is -1.98. The zero-order chi connectivity index (χ0) is 10.7. The Hall–Kier alpha value is -1.77. The molecule has 0 unspecified atom stereocenters. The molecule has 1 N–H and O–H groups in total. The van der Waals surface area contributed by atoms with Crippen molar-refractivity contribution in [2.24, 2.45) is 0 Å². The molecule has 0 fully saturated rings. The van der Waals surface area contributed by atoms with Gasteiger partial charge in [-0.2, -0.15) is 0 Å². The van der Waals surface area contributed by atoms with Crippen molar-refractivity contribution in [3.8, 4) is 0 Å². The van der Waals surface area contributed by atoms with Crippen LogP contribution < -0.4 is 5.32 Å². The molecule has 78 valence electrons. The molecule has 3 heteroatoms. The molecule has 0 amide bonds. The Balaban J connectivity index is 2.02. The molecule has 0 atom stereocenters. The van der Waals surface area contributed by atoms with Gasteiger partial charge in [0.25, 0.3) is 0 Å². The summed E-state index contributed by atoms with van der Waals surface area (Å²) in [6, 6.07) is 6.34. The number of nitrogens with zero attached hydrogens (tertiary/aromatic N) is 1. The van der Waals surface area contributed by atoms with Gasteiger partial charge in [-0.25, -0.2) is 0 Å². The van der Waals surface area contributed by atoms with Gasteiger partial charge in [0.2, 0.25) is 0 Å². The Morgan fingerprint density at radius 3 is 2.80 bits per heavy atom. The number of benzene rings is 1. The average molecular weight is 202 g/mol. The van der Waals surface area contributed by atoms with Crippen LogP contribution in [0.1, 0.15) is 16.7 Å². The van der Waals surface area contributed by atoms with Gasteiger partial charge in [-0.3, -0.25) is 0 Å². The van der Waals surface area contributed by atoms with E-state index >= 15 is 0 Å². The van der Waals surface area contributed by atoms with Crippen LogP contribution in [0.4, 0.5) is 5.69 Å². The third kappa shape index (κ3) is 2.37. The van der Waals surface area contributed by atoms with Crippen LogP contribution in [0.15, 0.2) is 35.2 Å². The first kappa shape index (κ1) is 9.77. The molecule has 1 aromatic heterocycles. The van der Waals surface area contributed by atoms with E-state index in [2.05, 4.69) is 42.5 Å². The molecule has 2 aromatic rings. The van der Waals surface area contributed by atoms with Gasteiger partial charge >= 0.3 is 0 Å². The lowest BCUT2D eigenvalue weighted by molar-refractivity contribution is 0.419. The quantitative estimate of drug-likeness (QED) is 0.831. The third-order valence-electron chi connectivity index (χ3n) is 2.49. The molecule has 0 radical (unpaired) electrons. The summed E-state index contributed by atoms with van der Waals surface area (Å²) >= 11 is 0. The number of nitrogens with one attached hydrogen (secondary N) is 1. The van der Waals surface area contributed by atoms with Gasteiger partial charge < -0.3 is 9.84 Å². The molecule has 0 bridgehead atoms. The standard InChI is InChI=1S/C12H14N2O/c1-9-3-4-12(5-10(9)2)13-6-11-7-14-15-8-11/h3-5,7-8,13H,6H2,1-2H3. The fourth-order valence-corrected chi connectivity index (χ4v) is 1.37. The Labute approximate surface area is 89.1 Å². The summed E-state index contributed by atoms with van der Waals surface area (Å²) in [6.07, 6.45) is 3.36. The van der Waals surface area contributed by atoms with E-state index in [0.29, 0.717) is 0 Å². The SMILES string of the molecule is Cc1ccc(NCc2cnoc2)cc1C. The fraction of sp³-hybridized carbons (Fsp3) is 0.250. The first-order valence-electron chi connectivity index (χ1n) is 4.95. The van der Waals surface area contributed by atoms with Crippen molar-refractivity contribution in [2.75, 3.05) is 5.32 Å². The van der Waals surface area contributed by atoms with Gasteiger partial charge in [0, 0.05) is 17.8 Å². The fourth-order valence-electron chi connectivity index (χ4n) is 1.37. The van der Waals surface area contributed by atoms with Crippen molar-refractivity contribution in [3.05, 3.63) is 47.3 Å².